The number of hydrogen-bond acceptors (Lipinski definition) is 3. The van der Waals surface area contributed by atoms with Gasteiger partial charge in [-0.15, -0.1) is 11.3 Å². The summed E-state index contributed by atoms with van der Waals surface area (Å²) >= 11 is 2.05. The number of rotatable bonds is 5. The van der Waals surface area contributed by atoms with Crippen molar-refractivity contribution in [1.82, 2.24) is 10.2 Å². The predicted octanol–water partition coefficient (Wildman–Crippen LogP) is 3.20. The van der Waals surface area contributed by atoms with Gasteiger partial charge in [-0.05, 0) is 69.8 Å². The van der Waals surface area contributed by atoms with Gasteiger partial charge in [0.15, 0.2) is 0 Å². The summed E-state index contributed by atoms with van der Waals surface area (Å²) in [5.41, 5.74) is 1.64. The molecule has 2 nitrogen and oxygen atoms in total. The lowest BCUT2D eigenvalue weighted by molar-refractivity contribution is 0.197. The second-order valence-corrected chi connectivity index (χ2v) is 7.23. The number of nitrogens with zero attached hydrogens (tertiary/aromatic N) is 1. The molecule has 1 aliphatic carbocycles. The number of likely N-dealkylation sites (tertiary alicyclic amines) is 1. The van der Waals surface area contributed by atoms with Crippen LogP contribution >= 0.6 is 11.3 Å². The number of piperidine rings is 1. The molecule has 1 N–H and O–H groups in total. The van der Waals surface area contributed by atoms with Gasteiger partial charge in [0.05, 0.1) is 0 Å². The minimum Gasteiger partial charge on any atom is -0.309 e. The average Bonchev–Trinajstić information content (AvgIpc) is 2.99. The Morgan fingerprint density at radius 2 is 2.16 bits per heavy atom. The van der Waals surface area contributed by atoms with E-state index in [1.54, 1.807) is 15.3 Å². The molecule has 0 unspecified atom stereocenters. The van der Waals surface area contributed by atoms with Crippen molar-refractivity contribution in [3.05, 3.63) is 21.4 Å². The zero-order valence-corrected chi connectivity index (χ0v) is 12.9. The van der Waals surface area contributed by atoms with E-state index < -0.39 is 0 Å². The van der Waals surface area contributed by atoms with Gasteiger partial charge in [0.1, 0.15) is 0 Å². The van der Waals surface area contributed by atoms with Crippen LogP contribution in [0.1, 0.15) is 47.9 Å². The van der Waals surface area contributed by atoms with E-state index in [-0.39, 0.29) is 0 Å². The molecule has 1 saturated heterocycles. The Kier molecular flexibility index (Phi) is 4.57. The van der Waals surface area contributed by atoms with E-state index in [1.807, 2.05) is 11.3 Å². The highest BCUT2D eigenvalue weighted by Gasteiger charge is 2.19. The maximum absolute atomic E-state index is 3.77. The van der Waals surface area contributed by atoms with Crippen LogP contribution in [0.4, 0.5) is 0 Å². The normalized spacial score (nSPS) is 20.9. The fourth-order valence-corrected chi connectivity index (χ4v) is 4.61. The number of fused-ring (bicyclic) bond motifs is 1. The van der Waals surface area contributed by atoms with Crippen molar-refractivity contribution in [2.24, 2.45) is 0 Å². The summed E-state index contributed by atoms with van der Waals surface area (Å²) in [4.78, 5) is 5.83. The summed E-state index contributed by atoms with van der Waals surface area (Å²) in [6.07, 6.45) is 7.97. The topological polar surface area (TPSA) is 15.3 Å². The van der Waals surface area contributed by atoms with Gasteiger partial charge in [-0.25, -0.2) is 0 Å². The Hall–Kier alpha value is -0.380. The quantitative estimate of drug-likeness (QED) is 0.890. The van der Waals surface area contributed by atoms with Gasteiger partial charge in [-0.3, -0.25) is 0 Å². The van der Waals surface area contributed by atoms with Crippen molar-refractivity contribution in [2.45, 2.75) is 58.0 Å². The molecule has 1 aliphatic heterocycles. The molecule has 106 valence electrons. The monoisotopic (exact) mass is 278 g/mol. The molecule has 0 saturated carbocycles. The van der Waals surface area contributed by atoms with Gasteiger partial charge >= 0.3 is 0 Å². The minimum atomic E-state index is 0.741. The average molecular weight is 278 g/mol. The largest absolute Gasteiger partial charge is 0.309 e. The third-order valence-electron chi connectivity index (χ3n) is 4.49. The summed E-state index contributed by atoms with van der Waals surface area (Å²) in [5.74, 6) is 0. The van der Waals surface area contributed by atoms with E-state index in [2.05, 4.69) is 23.2 Å². The third-order valence-corrected chi connectivity index (χ3v) is 5.73. The molecule has 2 aliphatic rings. The Balaban J connectivity index is 1.43. The smallest absolute Gasteiger partial charge is 0.0302 e. The zero-order chi connectivity index (χ0) is 13.1. The van der Waals surface area contributed by atoms with Gasteiger partial charge in [-0.2, -0.15) is 0 Å². The van der Waals surface area contributed by atoms with Crippen LogP contribution in [0, 0.1) is 0 Å². The van der Waals surface area contributed by atoms with Crippen LogP contribution in [0.5, 0.6) is 0 Å². The van der Waals surface area contributed by atoms with Gasteiger partial charge in [0.25, 0.3) is 0 Å². The molecule has 0 aromatic carbocycles. The summed E-state index contributed by atoms with van der Waals surface area (Å²) in [7, 11) is 0. The molecule has 1 aromatic rings. The van der Waals surface area contributed by atoms with Gasteiger partial charge < -0.3 is 10.2 Å². The molecular formula is C16H26N2S. The van der Waals surface area contributed by atoms with Crippen molar-refractivity contribution in [3.8, 4) is 0 Å². The molecule has 1 aromatic heterocycles. The van der Waals surface area contributed by atoms with Crippen LogP contribution in [0.2, 0.25) is 0 Å². The molecule has 0 radical (unpaired) electrons. The van der Waals surface area contributed by atoms with E-state index in [4.69, 9.17) is 0 Å². The van der Waals surface area contributed by atoms with Crippen LogP contribution in [0.15, 0.2) is 6.07 Å². The fraction of sp³-hybridized carbons (Fsp3) is 0.750. The number of hydrogen-bond donors (Lipinski definition) is 1. The van der Waals surface area contributed by atoms with Gasteiger partial charge in [0, 0.05) is 22.3 Å². The first-order valence-electron chi connectivity index (χ1n) is 7.91. The molecular weight excluding hydrogens is 252 g/mol. The van der Waals surface area contributed by atoms with Crippen LogP contribution in [0.25, 0.3) is 0 Å². The Morgan fingerprint density at radius 1 is 1.32 bits per heavy atom. The second-order valence-electron chi connectivity index (χ2n) is 6.01. The van der Waals surface area contributed by atoms with Crippen molar-refractivity contribution in [3.63, 3.8) is 0 Å². The number of aryl methyl sites for hydroxylation is 2. The van der Waals surface area contributed by atoms with E-state index in [1.165, 1.54) is 58.2 Å². The summed E-state index contributed by atoms with van der Waals surface area (Å²) < 4.78 is 0. The fourth-order valence-electron chi connectivity index (χ4n) is 3.40. The summed E-state index contributed by atoms with van der Waals surface area (Å²) in [6.45, 7) is 7.22. The van der Waals surface area contributed by atoms with E-state index >= 15 is 0 Å². The van der Waals surface area contributed by atoms with Gasteiger partial charge in [0.2, 0.25) is 0 Å². The number of thiophene rings is 1. The van der Waals surface area contributed by atoms with Crippen molar-refractivity contribution in [2.75, 3.05) is 19.6 Å². The molecule has 0 atom stereocenters. The highest BCUT2D eigenvalue weighted by Crippen LogP contribution is 2.30. The Labute approximate surface area is 121 Å². The molecule has 1 fully saturated rings. The molecule has 2 heterocycles. The lowest BCUT2D eigenvalue weighted by Crippen LogP contribution is -2.42. The highest BCUT2D eigenvalue weighted by molar-refractivity contribution is 7.12. The Bertz CT molecular complexity index is 383. The van der Waals surface area contributed by atoms with E-state index in [0.29, 0.717) is 0 Å². The third kappa shape index (κ3) is 3.39. The highest BCUT2D eigenvalue weighted by atomic mass is 32.1. The molecule has 3 heteroatoms. The standard InChI is InChI=1S/C16H26N2S/c1-2-8-18-9-6-14(7-10-18)17-12-15-11-13-4-3-5-16(13)19-15/h11,14,17H,2-10,12H2,1H3. The van der Waals surface area contributed by atoms with E-state index in [0.717, 1.165) is 12.6 Å². The van der Waals surface area contributed by atoms with E-state index in [9.17, 15) is 0 Å². The van der Waals surface area contributed by atoms with Crippen LogP contribution in [-0.2, 0) is 19.4 Å². The SMILES string of the molecule is CCCN1CCC(NCc2cc3c(s2)CCC3)CC1. The van der Waals surface area contributed by atoms with Crippen molar-refractivity contribution < 1.29 is 0 Å². The van der Waals surface area contributed by atoms with Crippen LogP contribution < -0.4 is 5.32 Å². The lowest BCUT2D eigenvalue weighted by Gasteiger charge is -2.32. The maximum atomic E-state index is 3.77. The first-order chi connectivity index (χ1) is 9.35. The van der Waals surface area contributed by atoms with Gasteiger partial charge in [-0.1, -0.05) is 6.92 Å². The first-order valence-corrected chi connectivity index (χ1v) is 8.73. The van der Waals surface area contributed by atoms with Crippen molar-refractivity contribution in [1.29, 1.82) is 0 Å². The van der Waals surface area contributed by atoms with Crippen LogP contribution in [0.3, 0.4) is 0 Å². The first kappa shape index (κ1) is 13.6. The summed E-state index contributed by atoms with van der Waals surface area (Å²) in [6, 6.07) is 3.19. The van der Waals surface area contributed by atoms with Crippen molar-refractivity contribution >= 4 is 11.3 Å². The molecule has 19 heavy (non-hydrogen) atoms. The predicted molar refractivity (Wildman–Crippen MR) is 82.9 cm³/mol. The number of nitrogens with one attached hydrogen (secondary N) is 1. The maximum Gasteiger partial charge on any atom is 0.0302 e. The molecule has 3 rings (SSSR count). The second kappa shape index (κ2) is 6.38. The zero-order valence-electron chi connectivity index (χ0n) is 12.1. The minimum absolute atomic E-state index is 0.741. The Morgan fingerprint density at radius 3 is 2.89 bits per heavy atom. The van der Waals surface area contributed by atoms with Crippen LogP contribution in [-0.4, -0.2) is 30.6 Å². The molecule has 0 amide bonds. The lowest BCUT2D eigenvalue weighted by atomic mass is 10.0. The molecule has 0 spiro atoms. The summed E-state index contributed by atoms with van der Waals surface area (Å²) in [5, 5.41) is 3.77. The molecule has 0 bridgehead atoms.